The van der Waals surface area contributed by atoms with Gasteiger partial charge in [0.2, 0.25) is 11.9 Å². The zero-order valence-electron chi connectivity index (χ0n) is 19.0. The second-order valence-corrected chi connectivity index (χ2v) is 8.58. The standard InChI is InChI=1S/C25H25N9/c1-31-17-22(16-28-31)21-7-8-23-29-30-25(34(23)18-21)33-11-9-32(10-12-33)24-26-14-20(15-27-24)13-19-5-3-2-4-6-19/h2-8,14-18H,9-13H2,1H3. The zero-order valence-corrected chi connectivity index (χ0v) is 19.0. The quantitative estimate of drug-likeness (QED) is 0.406. The van der Waals surface area contributed by atoms with Gasteiger partial charge < -0.3 is 9.80 Å². The lowest BCUT2D eigenvalue weighted by atomic mass is 10.1. The van der Waals surface area contributed by atoms with E-state index in [4.69, 9.17) is 0 Å². The van der Waals surface area contributed by atoms with Crippen LogP contribution in [0.3, 0.4) is 0 Å². The summed E-state index contributed by atoms with van der Waals surface area (Å²) in [7, 11) is 1.92. The van der Waals surface area contributed by atoms with Crippen LogP contribution >= 0.6 is 0 Å². The van der Waals surface area contributed by atoms with Gasteiger partial charge in [0.15, 0.2) is 5.65 Å². The Bertz CT molecular complexity index is 1400. The van der Waals surface area contributed by atoms with Gasteiger partial charge >= 0.3 is 0 Å². The summed E-state index contributed by atoms with van der Waals surface area (Å²) in [6, 6.07) is 14.5. The molecule has 0 atom stereocenters. The molecule has 9 heteroatoms. The minimum atomic E-state index is 0.779. The van der Waals surface area contributed by atoms with E-state index in [1.807, 2.05) is 48.6 Å². The molecule has 1 aliphatic rings. The Balaban J connectivity index is 1.15. The van der Waals surface area contributed by atoms with E-state index < -0.39 is 0 Å². The highest BCUT2D eigenvalue weighted by molar-refractivity contribution is 5.64. The topological polar surface area (TPSA) is 80.3 Å². The molecule has 0 aliphatic carbocycles. The zero-order chi connectivity index (χ0) is 22.9. The van der Waals surface area contributed by atoms with E-state index in [9.17, 15) is 0 Å². The highest BCUT2D eigenvalue weighted by Gasteiger charge is 2.22. The third kappa shape index (κ3) is 3.96. The molecule has 9 nitrogen and oxygen atoms in total. The van der Waals surface area contributed by atoms with Crippen LogP contribution in [0, 0.1) is 0 Å². The minimum absolute atomic E-state index is 0.779. The number of pyridine rings is 1. The van der Waals surface area contributed by atoms with Crippen molar-refractivity contribution in [2.75, 3.05) is 36.0 Å². The molecule has 0 spiro atoms. The largest absolute Gasteiger partial charge is 0.337 e. The number of anilines is 2. The maximum Gasteiger partial charge on any atom is 0.231 e. The van der Waals surface area contributed by atoms with Gasteiger partial charge in [0.25, 0.3) is 0 Å². The number of piperazine rings is 1. The van der Waals surface area contributed by atoms with Gasteiger partial charge in [0.05, 0.1) is 6.20 Å². The van der Waals surface area contributed by atoms with Crippen LogP contribution in [0.4, 0.5) is 11.9 Å². The van der Waals surface area contributed by atoms with Crippen molar-refractivity contribution in [1.82, 2.24) is 34.3 Å². The summed E-state index contributed by atoms with van der Waals surface area (Å²) in [5.41, 5.74) is 5.38. The molecule has 0 unspecified atom stereocenters. The summed E-state index contributed by atoms with van der Waals surface area (Å²) >= 11 is 0. The van der Waals surface area contributed by atoms with E-state index in [0.717, 1.165) is 66.8 Å². The van der Waals surface area contributed by atoms with Crippen LogP contribution in [-0.2, 0) is 13.5 Å². The normalized spacial score (nSPS) is 14.1. The Morgan fingerprint density at radius 3 is 2.24 bits per heavy atom. The molecule has 0 N–H and O–H groups in total. The van der Waals surface area contributed by atoms with Crippen LogP contribution in [0.25, 0.3) is 16.8 Å². The molecule has 4 aromatic heterocycles. The van der Waals surface area contributed by atoms with Crippen molar-refractivity contribution >= 4 is 17.5 Å². The first-order valence-electron chi connectivity index (χ1n) is 11.4. The minimum Gasteiger partial charge on any atom is -0.337 e. The Kier molecular flexibility index (Phi) is 5.14. The second kappa shape index (κ2) is 8.58. The third-order valence-corrected chi connectivity index (χ3v) is 6.21. The van der Waals surface area contributed by atoms with Crippen LogP contribution in [0.2, 0.25) is 0 Å². The Hall–Kier alpha value is -4.27. The second-order valence-electron chi connectivity index (χ2n) is 8.58. The predicted octanol–water partition coefficient (Wildman–Crippen LogP) is 2.84. The summed E-state index contributed by atoms with van der Waals surface area (Å²) in [5.74, 6) is 1.64. The number of rotatable bonds is 5. The molecule has 1 saturated heterocycles. The maximum absolute atomic E-state index is 4.64. The van der Waals surface area contributed by atoms with Gasteiger partial charge in [-0.3, -0.25) is 9.08 Å². The van der Waals surface area contributed by atoms with Crippen molar-refractivity contribution in [1.29, 1.82) is 0 Å². The molecule has 6 rings (SSSR count). The number of aryl methyl sites for hydroxylation is 1. The van der Waals surface area contributed by atoms with Crippen LogP contribution in [0.15, 0.2) is 73.4 Å². The van der Waals surface area contributed by atoms with Crippen molar-refractivity contribution < 1.29 is 0 Å². The Labute approximate surface area is 197 Å². The summed E-state index contributed by atoms with van der Waals surface area (Å²) < 4.78 is 3.87. The highest BCUT2D eigenvalue weighted by atomic mass is 15.4. The van der Waals surface area contributed by atoms with Gasteiger partial charge in [0.1, 0.15) is 0 Å². The number of nitrogens with zero attached hydrogens (tertiary/aromatic N) is 9. The van der Waals surface area contributed by atoms with Crippen molar-refractivity contribution in [3.05, 3.63) is 84.6 Å². The number of benzene rings is 1. The third-order valence-electron chi connectivity index (χ3n) is 6.21. The number of fused-ring (bicyclic) bond motifs is 1. The molecular weight excluding hydrogens is 426 g/mol. The molecule has 1 fully saturated rings. The van der Waals surface area contributed by atoms with E-state index in [1.54, 1.807) is 0 Å². The molecule has 0 radical (unpaired) electrons. The number of hydrogen-bond donors (Lipinski definition) is 0. The summed E-state index contributed by atoms with van der Waals surface area (Å²) in [6.07, 6.45) is 10.7. The van der Waals surface area contributed by atoms with E-state index in [0.29, 0.717) is 0 Å². The van der Waals surface area contributed by atoms with Gasteiger partial charge in [-0.2, -0.15) is 5.10 Å². The van der Waals surface area contributed by atoms with Crippen LogP contribution in [0.5, 0.6) is 0 Å². The molecule has 0 bridgehead atoms. The molecule has 34 heavy (non-hydrogen) atoms. The van der Waals surface area contributed by atoms with Gasteiger partial charge in [-0.25, -0.2) is 9.97 Å². The van der Waals surface area contributed by atoms with Gasteiger partial charge in [-0.05, 0) is 23.3 Å². The molecule has 0 saturated carbocycles. The average molecular weight is 452 g/mol. The average Bonchev–Trinajstić information content (AvgIpc) is 3.51. The lowest BCUT2D eigenvalue weighted by Crippen LogP contribution is -2.47. The maximum atomic E-state index is 4.64. The van der Waals surface area contributed by atoms with Crippen molar-refractivity contribution in [2.24, 2.45) is 7.05 Å². The Morgan fingerprint density at radius 2 is 1.50 bits per heavy atom. The Morgan fingerprint density at radius 1 is 0.735 bits per heavy atom. The smallest absolute Gasteiger partial charge is 0.231 e. The molecule has 1 aromatic carbocycles. The van der Waals surface area contributed by atoms with Crippen LogP contribution in [0.1, 0.15) is 11.1 Å². The fourth-order valence-electron chi connectivity index (χ4n) is 4.38. The fraction of sp³-hybridized carbons (Fsp3) is 0.240. The summed E-state index contributed by atoms with van der Waals surface area (Å²) in [4.78, 5) is 13.8. The van der Waals surface area contributed by atoms with E-state index in [-0.39, 0.29) is 0 Å². The van der Waals surface area contributed by atoms with E-state index in [1.165, 1.54) is 5.56 Å². The molecule has 170 valence electrons. The lowest BCUT2D eigenvalue weighted by Gasteiger charge is -2.34. The fourth-order valence-corrected chi connectivity index (χ4v) is 4.38. The lowest BCUT2D eigenvalue weighted by molar-refractivity contribution is 0.625. The first-order chi connectivity index (χ1) is 16.7. The van der Waals surface area contributed by atoms with Gasteiger partial charge in [0, 0.05) is 75.6 Å². The first-order valence-corrected chi connectivity index (χ1v) is 11.4. The monoisotopic (exact) mass is 451 g/mol. The first kappa shape index (κ1) is 20.3. The summed E-state index contributed by atoms with van der Waals surface area (Å²) in [6.45, 7) is 3.31. The highest BCUT2D eigenvalue weighted by Crippen LogP contribution is 2.23. The van der Waals surface area contributed by atoms with Crippen LogP contribution < -0.4 is 9.80 Å². The number of aromatic nitrogens is 7. The van der Waals surface area contributed by atoms with E-state index >= 15 is 0 Å². The van der Waals surface area contributed by atoms with Gasteiger partial charge in [-0.15, -0.1) is 10.2 Å². The SMILES string of the molecule is Cn1cc(-c2ccc3nnc(N4CCN(c5ncc(Cc6ccccc6)cn5)CC4)n3c2)cn1. The molecular formula is C25H25N9. The van der Waals surface area contributed by atoms with E-state index in [2.05, 4.69) is 76.0 Å². The molecule has 5 heterocycles. The van der Waals surface area contributed by atoms with Gasteiger partial charge in [-0.1, -0.05) is 30.3 Å². The molecule has 1 aliphatic heterocycles. The summed E-state index contributed by atoms with van der Waals surface area (Å²) in [5, 5.41) is 13.1. The molecule has 0 amide bonds. The predicted molar refractivity (Wildman–Crippen MR) is 131 cm³/mol. The number of hydrogen-bond acceptors (Lipinski definition) is 7. The molecule has 5 aromatic rings. The van der Waals surface area contributed by atoms with Crippen LogP contribution in [-0.4, -0.2) is 60.5 Å². The van der Waals surface area contributed by atoms with Crippen molar-refractivity contribution in [2.45, 2.75) is 6.42 Å². The van der Waals surface area contributed by atoms with Crippen molar-refractivity contribution in [3.63, 3.8) is 0 Å². The van der Waals surface area contributed by atoms with Crippen molar-refractivity contribution in [3.8, 4) is 11.1 Å².